The number of carbonyl (C=O) groups excluding carboxylic acids is 1. The van der Waals surface area contributed by atoms with Crippen LogP contribution in [0.15, 0.2) is 24.3 Å². The average Bonchev–Trinajstić information content (AvgIpc) is 2.40. The third kappa shape index (κ3) is 2.97. The van der Waals surface area contributed by atoms with Gasteiger partial charge >= 0.3 is 0 Å². The molecule has 0 radical (unpaired) electrons. The van der Waals surface area contributed by atoms with Crippen molar-refractivity contribution in [3.63, 3.8) is 0 Å². The molecule has 1 saturated heterocycles. The Labute approximate surface area is 102 Å². The molecule has 1 fully saturated rings. The van der Waals surface area contributed by atoms with Gasteiger partial charge in [-0.25, -0.2) is 0 Å². The zero-order valence-corrected chi connectivity index (χ0v) is 9.93. The number of carbonyl (C=O) groups is 1. The highest BCUT2D eigenvalue weighted by Gasteiger charge is 2.18. The SMILES string of the molecule is NCc1ccccc1NC1CCN(C=O)CC1. The van der Waals surface area contributed by atoms with Gasteiger partial charge < -0.3 is 16.0 Å². The Hall–Kier alpha value is -1.55. The van der Waals surface area contributed by atoms with Gasteiger partial charge in [-0.05, 0) is 24.5 Å². The van der Waals surface area contributed by atoms with Gasteiger partial charge in [0.05, 0.1) is 0 Å². The summed E-state index contributed by atoms with van der Waals surface area (Å²) in [4.78, 5) is 12.4. The summed E-state index contributed by atoms with van der Waals surface area (Å²) in [6.07, 6.45) is 2.93. The van der Waals surface area contributed by atoms with Crippen LogP contribution in [0.5, 0.6) is 0 Å². The molecule has 0 saturated carbocycles. The van der Waals surface area contributed by atoms with Crippen LogP contribution in [0, 0.1) is 0 Å². The predicted molar refractivity (Wildman–Crippen MR) is 68.6 cm³/mol. The highest BCUT2D eigenvalue weighted by Crippen LogP contribution is 2.19. The summed E-state index contributed by atoms with van der Waals surface area (Å²) in [5.41, 5.74) is 7.97. The van der Waals surface area contributed by atoms with Crippen molar-refractivity contribution in [1.82, 2.24) is 4.90 Å². The van der Waals surface area contributed by atoms with Crippen LogP contribution in [0.25, 0.3) is 0 Å². The number of amides is 1. The largest absolute Gasteiger partial charge is 0.382 e. The van der Waals surface area contributed by atoms with Gasteiger partial charge in [-0.2, -0.15) is 0 Å². The van der Waals surface area contributed by atoms with Gasteiger partial charge in [0.2, 0.25) is 6.41 Å². The van der Waals surface area contributed by atoms with Crippen molar-refractivity contribution >= 4 is 12.1 Å². The standard InChI is InChI=1S/C13H19N3O/c14-9-11-3-1-2-4-13(11)15-12-5-7-16(10-17)8-6-12/h1-4,10,12,15H,5-9,14H2. The minimum Gasteiger partial charge on any atom is -0.382 e. The second-order valence-corrected chi connectivity index (χ2v) is 4.42. The maximum absolute atomic E-state index is 10.6. The molecule has 1 aromatic rings. The maximum Gasteiger partial charge on any atom is 0.209 e. The fraction of sp³-hybridized carbons (Fsp3) is 0.462. The number of nitrogens with zero attached hydrogens (tertiary/aromatic N) is 1. The van der Waals surface area contributed by atoms with Crippen LogP contribution >= 0.6 is 0 Å². The second kappa shape index (κ2) is 5.68. The van der Waals surface area contributed by atoms with Crippen molar-refractivity contribution in [3.05, 3.63) is 29.8 Å². The molecule has 1 aliphatic heterocycles. The third-order valence-corrected chi connectivity index (χ3v) is 3.28. The topological polar surface area (TPSA) is 58.4 Å². The summed E-state index contributed by atoms with van der Waals surface area (Å²) in [5.74, 6) is 0. The Balaban J connectivity index is 1.95. The molecule has 1 aliphatic rings. The van der Waals surface area contributed by atoms with Crippen LogP contribution in [0.3, 0.4) is 0 Å². The first-order valence-corrected chi connectivity index (χ1v) is 6.07. The summed E-state index contributed by atoms with van der Waals surface area (Å²) < 4.78 is 0. The first-order valence-electron chi connectivity index (χ1n) is 6.07. The van der Waals surface area contributed by atoms with Crippen molar-refractivity contribution in [2.45, 2.75) is 25.4 Å². The van der Waals surface area contributed by atoms with E-state index >= 15 is 0 Å². The molecular weight excluding hydrogens is 214 g/mol. The highest BCUT2D eigenvalue weighted by atomic mass is 16.1. The van der Waals surface area contributed by atoms with E-state index in [-0.39, 0.29) is 0 Å². The fourth-order valence-electron chi connectivity index (χ4n) is 2.21. The highest BCUT2D eigenvalue weighted by molar-refractivity contribution is 5.52. The molecule has 0 aliphatic carbocycles. The van der Waals surface area contributed by atoms with Gasteiger partial charge in [0.15, 0.2) is 0 Å². The second-order valence-electron chi connectivity index (χ2n) is 4.42. The van der Waals surface area contributed by atoms with Crippen LogP contribution in [0.2, 0.25) is 0 Å². The molecule has 0 unspecified atom stereocenters. The third-order valence-electron chi connectivity index (χ3n) is 3.28. The van der Waals surface area contributed by atoms with E-state index in [9.17, 15) is 4.79 Å². The van der Waals surface area contributed by atoms with E-state index in [4.69, 9.17) is 5.73 Å². The summed E-state index contributed by atoms with van der Waals surface area (Å²) in [7, 11) is 0. The lowest BCUT2D eigenvalue weighted by Crippen LogP contribution is -2.38. The van der Waals surface area contributed by atoms with Crippen LogP contribution in [0.4, 0.5) is 5.69 Å². The van der Waals surface area contributed by atoms with Crippen LogP contribution in [0.1, 0.15) is 18.4 Å². The van der Waals surface area contributed by atoms with Gasteiger partial charge in [-0.3, -0.25) is 4.79 Å². The minimum atomic E-state index is 0.443. The van der Waals surface area contributed by atoms with Crippen molar-refractivity contribution < 1.29 is 4.79 Å². The normalized spacial score (nSPS) is 16.9. The molecule has 1 heterocycles. The molecule has 4 nitrogen and oxygen atoms in total. The summed E-state index contributed by atoms with van der Waals surface area (Å²) >= 11 is 0. The van der Waals surface area contributed by atoms with E-state index in [0.717, 1.165) is 43.6 Å². The number of likely N-dealkylation sites (tertiary alicyclic amines) is 1. The lowest BCUT2D eigenvalue weighted by Gasteiger charge is -2.30. The van der Waals surface area contributed by atoms with Gasteiger partial charge in [-0.1, -0.05) is 18.2 Å². The molecule has 0 bridgehead atoms. The lowest BCUT2D eigenvalue weighted by atomic mass is 10.0. The van der Waals surface area contributed by atoms with Crippen molar-refractivity contribution in [2.75, 3.05) is 18.4 Å². The molecule has 92 valence electrons. The van der Waals surface area contributed by atoms with E-state index < -0.39 is 0 Å². The number of para-hydroxylation sites is 1. The Morgan fingerprint density at radius 3 is 2.71 bits per heavy atom. The molecule has 3 N–H and O–H groups in total. The zero-order valence-electron chi connectivity index (χ0n) is 9.93. The molecular formula is C13H19N3O. The molecule has 0 atom stereocenters. The smallest absolute Gasteiger partial charge is 0.209 e. The molecule has 2 rings (SSSR count). The quantitative estimate of drug-likeness (QED) is 0.768. The fourth-order valence-corrected chi connectivity index (χ4v) is 2.21. The molecule has 17 heavy (non-hydrogen) atoms. The van der Waals surface area contributed by atoms with E-state index in [1.54, 1.807) is 0 Å². The molecule has 4 heteroatoms. The average molecular weight is 233 g/mol. The Kier molecular flexibility index (Phi) is 3.98. The Bertz CT molecular complexity index is 373. The first-order chi connectivity index (χ1) is 8.33. The Morgan fingerprint density at radius 1 is 1.35 bits per heavy atom. The minimum absolute atomic E-state index is 0.443. The van der Waals surface area contributed by atoms with E-state index in [0.29, 0.717) is 12.6 Å². The molecule has 0 aromatic heterocycles. The molecule has 1 amide bonds. The summed E-state index contributed by atoms with van der Waals surface area (Å²) in [6.45, 7) is 2.23. The maximum atomic E-state index is 10.6. The van der Waals surface area contributed by atoms with Crippen LogP contribution < -0.4 is 11.1 Å². The number of anilines is 1. The monoisotopic (exact) mass is 233 g/mol. The number of piperidine rings is 1. The summed E-state index contributed by atoms with van der Waals surface area (Å²) in [5, 5.41) is 3.52. The number of rotatable bonds is 4. The van der Waals surface area contributed by atoms with Crippen molar-refractivity contribution in [2.24, 2.45) is 5.73 Å². The van der Waals surface area contributed by atoms with Crippen molar-refractivity contribution in [3.8, 4) is 0 Å². The number of nitrogens with one attached hydrogen (secondary N) is 1. The van der Waals surface area contributed by atoms with Gasteiger partial charge in [0.1, 0.15) is 0 Å². The first kappa shape index (κ1) is 11.9. The number of hydrogen-bond acceptors (Lipinski definition) is 3. The van der Waals surface area contributed by atoms with Crippen molar-refractivity contribution in [1.29, 1.82) is 0 Å². The number of hydrogen-bond donors (Lipinski definition) is 2. The van der Waals surface area contributed by atoms with Gasteiger partial charge in [0.25, 0.3) is 0 Å². The molecule has 1 aromatic carbocycles. The Morgan fingerprint density at radius 2 is 2.06 bits per heavy atom. The van der Waals surface area contributed by atoms with Crippen LogP contribution in [-0.2, 0) is 11.3 Å². The van der Waals surface area contributed by atoms with Gasteiger partial charge in [-0.15, -0.1) is 0 Å². The van der Waals surface area contributed by atoms with Gasteiger partial charge in [0, 0.05) is 31.4 Å². The van der Waals surface area contributed by atoms with E-state index in [2.05, 4.69) is 11.4 Å². The predicted octanol–water partition coefficient (Wildman–Crippen LogP) is 1.18. The van der Waals surface area contributed by atoms with E-state index in [1.807, 2.05) is 23.1 Å². The number of nitrogens with two attached hydrogens (primary N) is 1. The molecule has 0 spiro atoms. The lowest BCUT2D eigenvalue weighted by molar-refractivity contribution is -0.118. The van der Waals surface area contributed by atoms with E-state index in [1.165, 1.54) is 0 Å². The summed E-state index contributed by atoms with van der Waals surface area (Å²) in [6, 6.07) is 8.57. The number of benzene rings is 1. The van der Waals surface area contributed by atoms with Crippen LogP contribution in [-0.4, -0.2) is 30.4 Å². The zero-order chi connectivity index (χ0) is 12.1.